The normalized spacial score (nSPS) is 25.9. The third-order valence-electron chi connectivity index (χ3n) is 2.44. The Hall–Kier alpha value is -0.320. The van der Waals surface area contributed by atoms with Crippen molar-refractivity contribution in [1.29, 1.82) is 0 Å². The summed E-state index contributed by atoms with van der Waals surface area (Å²) in [6.45, 7) is 6.33. The number of ether oxygens (including phenoxy) is 2. The van der Waals surface area contributed by atoms with Gasteiger partial charge in [0.15, 0.2) is 0 Å². The molecule has 1 saturated heterocycles. The Kier molecular flexibility index (Phi) is 5.36. The summed E-state index contributed by atoms with van der Waals surface area (Å²) in [6.07, 6.45) is -0.0239. The molecule has 1 rings (SSSR count). The second-order valence-electron chi connectivity index (χ2n) is 3.42. The zero-order chi connectivity index (χ0) is 11.3. The standard InChI is InChI=1S/C10H18ClNO3/c1-3-14-8-6-12(10(13)5-11)7-9(8)15-4-2/h8-9H,3-7H2,1-2H3/t8-,9-/m1/s1. The van der Waals surface area contributed by atoms with E-state index in [2.05, 4.69) is 0 Å². The minimum atomic E-state index is -0.0522. The van der Waals surface area contributed by atoms with E-state index < -0.39 is 0 Å². The molecule has 15 heavy (non-hydrogen) atoms. The molecule has 0 radical (unpaired) electrons. The molecule has 1 heterocycles. The topological polar surface area (TPSA) is 38.8 Å². The van der Waals surface area contributed by atoms with Crippen LogP contribution in [0.2, 0.25) is 0 Å². The van der Waals surface area contributed by atoms with Crippen molar-refractivity contribution in [3.05, 3.63) is 0 Å². The van der Waals surface area contributed by atoms with Crippen molar-refractivity contribution in [3.63, 3.8) is 0 Å². The predicted octanol–water partition coefficient (Wildman–Crippen LogP) is 0.878. The van der Waals surface area contributed by atoms with E-state index in [-0.39, 0.29) is 24.0 Å². The van der Waals surface area contributed by atoms with Crippen LogP contribution in [0.25, 0.3) is 0 Å². The first-order valence-corrected chi connectivity index (χ1v) is 5.83. The van der Waals surface area contributed by atoms with E-state index in [1.807, 2.05) is 13.8 Å². The van der Waals surface area contributed by atoms with E-state index in [0.717, 1.165) is 0 Å². The molecule has 0 aliphatic carbocycles. The third-order valence-corrected chi connectivity index (χ3v) is 2.67. The lowest BCUT2D eigenvalue weighted by atomic mass is 10.2. The fourth-order valence-electron chi connectivity index (χ4n) is 1.78. The number of carbonyl (C=O) groups is 1. The van der Waals surface area contributed by atoms with E-state index in [1.165, 1.54) is 0 Å². The summed E-state index contributed by atoms with van der Waals surface area (Å²) < 4.78 is 11.1. The SMILES string of the molecule is CCO[C@@H]1CN(C(=O)CCl)C[C@H]1OCC. The van der Waals surface area contributed by atoms with Crippen molar-refractivity contribution >= 4 is 17.5 Å². The van der Waals surface area contributed by atoms with Gasteiger partial charge in [-0.1, -0.05) is 0 Å². The van der Waals surface area contributed by atoms with Crippen LogP contribution < -0.4 is 0 Å². The first-order valence-electron chi connectivity index (χ1n) is 5.29. The Morgan fingerprint density at radius 3 is 2.07 bits per heavy atom. The number of hydrogen-bond donors (Lipinski definition) is 0. The number of halogens is 1. The molecule has 0 aromatic heterocycles. The highest BCUT2D eigenvalue weighted by Gasteiger charge is 2.35. The van der Waals surface area contributed by atoms with Crippen molar-refractivity contribution in [3.8, 4) is 0 Å². The second kappa shape index (κ2) is 6.30. The lowest BCUT2D eigenvalue weighted by Gasteiger charge is -2.17. The summed E-state index contributed by atoms with van der Waals surface area (Å²) in [5.41, 5.74) is 0. The molecule has 0 N–H and O–H groups in total. The largest absolute Gasteiger partial charge is 0.374 e. The van der Waals surface area contributed by atoms with Crippen LogP contribution in [0.5, 0.6) is 0 Å². The molecule has 0 bridgehead atoms. The molecule has 0 spiro atoms. The van der Waals surface area contributed by atoms with Crippen LogP contribution in [0.1, 0.15) is 13.8 Å². The molecule has 0 aromatic carbocycles. The molecule has 1 amide bonds. The predicted molar refractivity (Wildman–Crippen MR) is 58.1 cm³/mol. The second-order valence-corrected chi connectivity index (χ2v) is 3.69. The zero-order valence-electron chi connectivity index (χ0n) is 9.24. The van der Waals surface area contributed by atoms with Gasteiger partial charge in [-0.15, -0.1) is 11.6 Å². The molecular weight excluding hydrogens is 218 g/mol. The van der Waals surface area contributed by atoms with Crippen molar-refractivity contribution in [2.45, 2.75) is 26.1 Å². The minimum Gasteiger partial charge on any atom is -0.374 e. The number of alkyl halides is 1. The summed E-state index contributed by atoms with van der Waals surface area (Å²) in [6, 6.07) is 0. The number of carbonyl (C=O) groups excluding carboxylic acids is 1. The molecule has 5 heteroatoms. The fraction of sp³-hybridized carbons (Fsp3) is 0.900. The zero-order valence-corrected chi connectivity index (χ0v) is 10.00. The molecule has 0 unspecified atom stereocenters. The number of nitrogens with zero attached hydrogens (tertiary/aromatic N) is 1. The number of hydrogen-bond acceptors (Lipinski definition) is 3. The Bertz CT molecular complexity index is 199. The van der Waals surface area contributed by atoms with Gasteiger partial charge in [0.05, 0.1) is 0 Å². The molecule has 1 fully saturated rings. The van der Waals surface area contributed by atoms with Crippen LogP contribution in [-0.2, 0) is 14.3 Å². The van der Waals surface area contributed by atoms with Crippen LogP contribution in [0.3, 0.4) is 0 Å². The van der Waals surface area contributed by atoms with E-state index >= 15 is 0 Å². The Morgan fingerprint density at radius 1 is 1.27 bits per heavy atom. The maximum atomic E-state index is 11.4. The van der Waals surface area contributed by atoms with Crippen LogP contribution in [0.4, 0.5) is 0 Å². The van der Waals surface area contributed by atoms with Gasteiger partial charge >= 0.3 is 0 Å². The van der Waals surface area contributed by atoms with Crippen molar-refractivity contribution < 1.29 is 14.3 Å². The Balaban J connectivity index is 2.52. The van der Waals surface area contributed by atoms with E-state index in [4.69, 9.17) is 21.1 Å². The summed E-state index contributed by atoms with van der Waals surface area (Å²) in [5.74, 6) is -0.0268. The number of likely N-dealkylation sites (tertiary alicyclic amines) is 1. The van der Waals surface area contributed by atoms with Gasteiger partial charge in [0.1, 0.15) is 18.1 Å². The quantitative estimate of drug-likeness (QED) is 0.664. The number of rotatable bonds is 5. The van der Waals surface area contributed by atoms with Crippen LogP contribution >= 0.6 is 11.6 Å². The fourth-order valence-corrected chi connectivity index (χ4v) is 1.95. The highest BCUT2D eigenvalue weighted by atomic mass is 35.5. The monoisotopic (exact) mass is 235 g/mol. The summed E-state index contributed by atoms with van der Waals surface area (Å²) in [4.78, 5) is 13.1. The van der Waals surface area contributed by atoms with Gasteiger partial charge in [-0.05, 0) is 13.8 Å². The molecule has 0 saturated carbocycles. The summed E-state index contributed by atoms with van der Waals surface area (Å²) in [7, 11) is 0. The highest BCUT2D eigenvalue weighted by molar-refractivity contribution is 6.27. The van der Waals surface area contributed by atoms with Gasteiger partial charge in [-0.25, -0.2) is 0 Å². The van der Waals surface area contributed by atoms with Crippen molar-refractivity contribution in [2.75, 3.05) is 32.2 Å². The summed E-state index contributed by atoms with van der Waals surface area (Å²) in [5, 5.41) is 0. The molecule has 1 aliphatic heterocycles. The average Bonchev–Trinajstić information content (AvgIpc) is 2.62. The van der Waals surface area contributed by atoms with Crippen molar-refractivity contribution in [2.24, 2.45) is 0 Å². The summed E-state index contributed by atoms with van der Waals surface area (Å²) >= 11 is 5.51. The smallest absolute Gasteiger partial charge is 0.237 e. The minimum absolute atomic E-state index is 0.0119. The molecule has 0 aromatic rings. The first kappa shape index (κ1) is 12.7. The van der Waals surface area contributed by atoms with Crippen LogP contribution in [0, 0.1) is 0 Å². The first-order chi connectivity index (χ1) is 7.22. The van der Waals surface area contributed by atoms with Gasteiger partial charge in [0.2, 0.25) is 5.91 Å². The maximum Gasteiger partial charge on any atom is 0.237 e. The van der Waals surface area contributed by atoms with E-state index in [9.17, 15) is 4.79 Å². The van der Waals surface area contributed by atoms with Crippen molar-refractivity contribution in [1.82, 2.24) is 4.90 Å². The van der Waals surface area contributed by atoms with Gasteiger partial charge in [0.25, 0.3) is 0 Å². The van der Waals surface area contributed by atoms with E-state index in [0.29, 0.717) is 26.3 Å². The maximum absolute atomic E-state index is 11.4. The molecular formula is C10H18ClNO3. The van der Waals surface area contributed by atoms with Crippen LogP contribution in [0.15, 0.2) is 0 Å². The third kappa shape index (κ3) is 3.33. The molecule has 88 valence electrons. The van der Waals surface area contributed by atoms with Gasteiger partial charge < -0.3 is 14.4 Å². The Morgan fingerprint density at radius 2 is 1.73 bits per heavy atom. The van der Waals surface area contributed by atoms with E-state index in [1.54, 1.807) is 4.90 Å². The lowest BCUT2D eigenvalue weighted by Crippen LogP contribution is -2.31. The average molecular weight is 236 g/mol. The highest BCUT2D eigenvalue weighted by Crippen LogP contribution is 2.17. The Labute approximate surface area is 95.5 Å². The molecule has 4 nitrogen and oxygen atoms in total. The van der Waals surface area contributed by atoms with Gasteiger partial charge in [-0.3, -0.25) is 4.79 Å². The molecule has 1 aliphatic rings. The molecule has 2 atom stereocenters. The van der Waals surface area contributed by atoms with Gasteiger partial charge in [-0.2, -0.15) is 0 Å². The van der Waals surface area contributed by atoms with Gasteiger partial charge in [0, 0.05) is 26.3 Å². The number of amides is 1. The lowest BCUT2D eigenvalue weighted by molar-refractivity contribution is -0.128. The van der Waals surface area contributed by atoms with Crippen LogP contribution in [-0.4, -0.2) is 55.2 Å².